The molecule has 0 bridgehead atoms. The second kappa shape index (κ2) is 6.23. The first-order chi connectivity index (χ1) is 9.81. The van der Waals surface area contributed by atoms with E-state index in [1.165, 1.54) is 19.5 Å². The van der Waals surface area contributed by atoms with Crippen LogP contribution < -0.4 is 15.2 Å². The highest BCUT2D eigenvalue weighted by molar-refractivity contribution is 7.89. The molecule has 0 saturated heterocycles. The summed E-state index contributed by atoms with van der Waals surface area (Å²) in [5.41, 5.74) is 6.11. The molecule has 1 aliphatic carbocycles. The summed E-state index contributed by atoms with van der Waals surface area (Å²) in [7, 11) is -2.20. The number of rotatable bonds is 4. The van der Waals surface area contributed by atoms with Crippen molar-refractivity contribution < 1.29 is 13.2 Å². The van der Waals surface area contributed by atoms with Crippen LogP contribution >= 0.6 is 0 Å². The van der Waals surface area contributed by atoms with Crippen LogP contribution in [0, 0.1) is 11.8 Å². The summed E-state index contributed by atoms with van der Waals surface area (Å²) in [6, 6.07) is 4.75. The molecule has 1 aromatic rings. The lowest BCUT2D eigenvalue weighted by molar-refractivity contribution is 0.0983. The molecule has 3 N–H and O–H groups in total. The second-order valence-corrected chi connectivity index (χ2v) is 7.93. The monoisotopic (exact) mass is 312 g/mol. The largest absolute Gasteiger partial charge is 0.489 e. The van der Waals surface area contributed by atoms with Crippen LogP contribution in [0.25, 0.3) is 0 Å². The Morgan fingerprint density at radius 3 is 2.38 bits per heavy atom. The highest BCUT2D eigenvalue weighted by Crippen LogP contribution is 2.34. The van der Waals surface area contributed by atoms with Crippen molar-refractivity contribution in [3.63, 3.8) is 0 Å². The Balaban J connectivity index is 2.28. The zero-order valence-electron chi connectivity index (χ0n) is 12.8. The number of benzene rings is 1. The third kappa shape index (κ3) is 3.89. The fourth-order valence-electron chi connectivity index (χ4n) is 3.09. The highest BCUT2D eigenvalue weighted by atomic mass is 32.2. The molecular formula is C15H24N2O3S. The molecule has 6 heteroatoms. The molecule has 2 unspecified atom stereocenters. The van der Waals surface area contributed by atoms with Crippen molar-refractivity contribution in [2.24, 2.45) is 11.8 Å². The van der Waals surface area contributed by atoms with Gasteiger partial charge in [0.2, 0.25) is 10.0 Å². The summed E-state index contributed by atoms with van der Waals surface area (Å²) >= 11 is 0. The van der Waals surface area contributed by atoms with Crippen molar-refractivity contribution in [1.82, 2.24) is 4.72 Å². The van der Waals surface area contributed by atoms with Gasteiger partial charge in [0.05, 0.1) is 6.10 Å². The van der Waals surface area contributed by atoms with E-state index >= 15 is 0 Å². The summed E-state index contributed by atoms with van der Waals surface area (Å²) in [5, 5.41) is 0. The summed E-state index contributed by atoms with van der Waals surface area (Å²) in [6.45, 7) is 4.42. The van der Waals surface area contributed by atoms with Crippen molar-refractivity contribution in [2.75, 3.05) is 12.8 Å². The van der Waals surface area contributed by atoms with Crippen LogP contribution in [-0.2, 0) is 10.0 Å². The smallest absolute Gasteiger partial charge is 0.244 e. The summed E-state index contributed by atoms with van der Waals surface area (Å²) < 4.78 is 32.5. The lowest BCUT2D eigenvalue weighted by atomic mass is 9.82. The molecule has 0 amide bonds. The quantitative estimate of drug-likeness (QED) is 0.836. The fourth-order valence-corrected chi connectivity index (χ4v) is 3.98. The van der Waals surface area contributed by atoms with E-state index in [0.29, 0.717) is 23.3 Å². The van der Waals surface area contributed by atoms with Gasteiger partial charge in [-0.1, -0.05) is 13.8 Å². The van der Waals surface area contributed by atoms with Gasteiger partial charge < -0.3 is 10.5 Å². The van der Waals surface area contributed by atoms with Crippen LogP contribution in [0.3, 0.4) is 0 Å². The number of nitrogens with one attached hydrogen (secondary N) is 1. The van der Waals surface area contributed by atoms with Crippen molar-refractivity contribution in [1.29, 1.82) is 0 Å². The number of ether oxygens (including phenoxy) is 1. The molecule has 2 atom stereocenters. The van der Waals surface area contributed by atoms with Crippen molar-refractivity contribution in [2.45, 2.75) is 44.1 Å². The number of nitrogens with two attached hydrogens (primary N) is 1. The lowest BCUT2D eigenvalue weighted by Crippen LogP contribution is -2.29. The molecule has 1 aliphatic rings. The van der Waals surface area contributed by atoms with Crippen LogP contribution in [0.15, 0.2) is 23.1 Å². The van der Waals surface area contributed by atoms with Gasteiger partial charge in [-0.25, -0.2) is 13.1 Å². The Morgan fingerprint density at radius 2 is 1.81 bits per heavy atom. The van der Waals surface area contributed by atoms with Gasteiger partial charge in [-0.2, -0.15) is 0 Å². The van der Waals surface area contributed by atoms with E-state index in [9.17, 15) is 8.42 Å². The summed E-state index contributed by atoms with van der Waals surface area (Å²) in [5.74, 6) is 1.57. The van der Waals surface area contributed by atoms with Crippen LogP contribution in [0.1, 0.15) is 33.1 Å². The number of anilines is 1. The predicted octanol–water partition coefficient (Wildman–Crippen LogP) is 2.38. The van der Waals surface area contributed by atoms with E-state index in [0.717, 1.165) is 12.8 Å². The van der Waals surface area contributed by atoms with Crippen LogP contribution in [0.4, 0.5) is 5.69 Å². The van der Waals surface area contributed by atoms with E-state index < -0.39 is 10.0 Å². The van der Waals surface area contributed by atoms with Crippen LogP contribution in [-0.4, -0.2) is 21.6 Å². The zero-order chi connectivity index (χ0) is 15.6. The predicted molar refractivity (Wildman–Crippen MR) is 83.7 cm³/mol. The molecule has 2 rings (SSSR count). The van der Waals surface area contributed by atoms with Gasteiger partial charge in [-0.05, 0) is 56.3 Å². The number of sulfonamides is 1. The minimum Gasteiger partial charge on any atom is -0.489 e. The van der Waals surface area contributed by atoms with E-state index in [2.05, 4.69) is 18.6 Å². The molecular weight excluding hydrogens is 288 g/mol. The average molecular weight is 312 g/mol. The Bertz CT molecular complexity index is 591. The maximum atomic E-state index is 12.1. The molecule has 1 aromatic carbocycles. The maximum Gasteiger partial charge on any atom is 0.244 e. The van der Waals surface area contributed by atoms with E-state index in [1.54, 1.807) is 12.1 Å². The van der Waals surface area contributed by atoms with Crippen LogP contribution in [0.5, 0.6) is 5.75 Å². The molecule has 1 saturated carbocycles. The zero-order valence-corrected chi connectivity index (χ0v) is 13.6. The molecule has 0 spiro atoms. The average Bonchev–Trinajstić information content (AvgIpc) is 2.39. The van der Waals surface area contributed by atoms with E-state index in [-0.39, 0.29) is 11.0 Å². The van der Waals surface area contributed by atoms with Crippen molar-refractivity contribution in [3.8, 4) is 5.75 Å². The Hall–Kier alpha value is -1.27. The Morgan fingerprint density at radius 1 is 1.19 bits per heavy atom. The topological polar surface area (TPSA) is 81.4 Å². The Labute approximate surface area is 126 Å². The highest BCUT2D eigenvalue weighted by Gasteiger charge is 2.27. The first kappa shape index (κ1) is 16.1. The van der Waals surface area contributed by atoms with Crippen LogP contribution in [0.2, 0.25) is 0 Å². The standard InChI is InChI=1S/C15H24N2O3S/c1-10-6-11(2)8-13(7-10)20-14-5-4-12(16)9-15(14)21(18,19)17-3/h4-5,9-11,13,17H,6-8,16H2,1-3H3. The fraction of sp³-hybridized carbons (Fsp3) is 0.600. The third-order valence-electron chi connectivity index (χ3n) is 3.95. The SMILES string of the molecule is CNS(=O)(=O)c1cc(N)ccc1OC1CC(C)CC(C)C1. The van der Waals surface area contributed by atoms with Gasteiger partial charge in [0, 0.05) is 5.69 Å². The number of hydrogen-bond donors (Lipinski definition) is 2. The normalized spacial score (nSPS) is 26.5. The van der Waals surface area contributed by atoms with Crippen molar-refractivity contribution in [3.05, 3.63) is 18.2 Å². The first-order valence-electron chi connectivity index (χ1n) is 7.31. The van der Waals surface area contributed by atoms with E-state index in [4.69, 9.17) is 10.5 Å². The maximum absolute atomic E-state index is 12.1. The third-order valence-corrected chi connectivity index (χ3v) is 5.39. The molecule has 1 fully saturated rings. The molecule has 118 valence electrons. The van der Waals surface area contributed by atoms with Gasteiger partial charge in [0.25, 0.3) is 0 Å². The minimum absolute atomic E-state index is 0.0539. The lowest BCUT2D eigenvalue weighted by Gasteiger charge is -2.32. The molecule has 0 aromatic heterocycles. The molecule has 0 aliphatic heterocycles. The number of hydrogen-bond acceptors (Lipinski definition) is 4. The first-order valence-corrected chi connectivity index (χ1v) is 8.80. The van der Waals surface area contributed by atoms with Gasteiger partial charge in [-0.3, -0.25) is 0 Å². The van der Waals surface area contributed by atoms with Gasteiger partial charge in [0.1, 0.15) is 10.6 Å². The van der Waals surface area contributed by atoms with Crippen molar-refractivity contribution >= 4 is 15.7 Å². The number of nitrogen functional groups attached to an aromatic ring is 1. The molecule has 21 heavy (non-hydrogen) atoms. The summed E-state index contributed by atoms with van der Waals surface area (Å²) in [4.78, 5) is 0.107. The molecule has 0 radical (unpaired) electrons. The van der Waals surface area contributed by atoms with Gasteiger partial charge in [-0.15, -0.1) is 0 Å². The summed E-state index contributed by atoms with van der Waals surface area (Å²) in [6.07, 6.45) is 3.16. The minimum atomic E-state index is -3.58. The second-order valence-electron chi connectivity index (χ2n) is 6.07. The van der Waals surface area contributed by atoms with Gasteiger partial charge >= 0.3 is 0 Å². The molecule has 0 heterocycles. The molecule has 5 nitrogen and oxygen atoms in total. The van der Waals surface area contributed by atoms with E-state index in [1.807, 2.05) is 0 Å². The Kier molecular flexibility index (Phi) is 4.78. The van der Waals surface area contributed by atoms with Gasteiger partial charge in [0.15, 0.2) is 0 Å².